The van der Waals surface area contributed by atoms with E-state index in [1.807, 2.05) is 0 Å². The van der Waals surface area contributed by atoms with Gasteiger partial charge in [0.05, 0.1) is 22.2 Å². The molecule has 4 aromatic rings. The Balaban J connectivity index is 1.88. The van der Waals surface area contributed by atoms with Crippen molar-refractivity contribution >= 4 is 33.1 Å². The smallest absolute Gasteiger partial charge is 0.369 e. The van der Waals surface area contributed by atoms with Gasteiger partial charge in [-0.2, -0.15) is 18.3 Å². The van der Waals surface area contributed by atoms with E-state index >= 15 is 0 Å². The van der Waals surface area contributed by atoms with Gasteiger partial charge in [-0.1, -0.05) is 36.4 Å². The molecule has 0 amide bonds. The van der Waals surface area contributed by atoms with Crippen molar-refractivity contribution in [2.75, 3.05) is 0 Å². The lowest BCUT2D eigenvalue weighted by molar-refractivity contribution is -0.137. The van der Waals surface area contributed by atoms with Crippen molar-refractivity contribution in [1.29, 1.82) is 0 Å². The Morgan fingerprint density at radius 3 is 2.18 bits per heavy atom. The molecule has 7 nitrogen and oxygen atoms in total. The average molecular weight is 485 g/mol. The standard InChI is InChI=1S/C23H18F3N5O2S/c24-23(25,26)18-9-6-15(7-10-18)16-8-11-21-20(12-16)17(13-29-30-22(27)28)14-31(21)34(32,33)19-4-2-1-3-5-19/h1-14H,(H4,27,28,30)/b29-13+. The van der Waals surface area contributed by atoms with Crippen molar-refractivity contribution < 1.29 is 21.6 Å². The molecule has 0 aliphatic carbocycles. The first-order chi connectivity index (χ1) is 16.1. The van der Waals surface area contributed by atoms with Gasteiger partial charge in [0, 0.05) is 17.1 Å². The molecule has 0 saturated heterocycles. The number of aromatic nitrogens is 1. The summed E-state index contributed by atoms with van der Waals surface area (Å²) in [5, 5.41) is 7.82. The van der Waals surface area contributed by atoms with Crippen LogP contribution < -0.4 is 11.5 Å². The fourth-order valence-corrected chi connectivity index (χ4v) is 4.82. The molecule has 0 fully saturated rings. The largest absolute Gasteiger partial charge is 0.416 e. The van der Waals surface area contributed by atoms with Crippen molar-refractivity contribution in [2.24, 2.45) is 21.7 Å². The van der Waals surface area contributed by atoms with Crippen molar-refractivity contribution in [3.05, 3.63) is 90.1 Å². The second-order valence-electron chi connectivity index (χ2n) is 7.27. The highest BCUT2D eigenvalue weighted by molar-refractivity contribution is 7.90. The minimum absolute atomic E-state index is 0.0893. The highest BCUT2D eigenvalue weighted by atomic mass is 32.2. The highest BCUT2D eigenvalue weighted by Crippen LogP contribution is 2.33. The fourth-order valence-electron chi connectivity index (χ4n) is 3.42. The molecule has 0 spiro atoms. The lowest BCUT2D eigenvalue weighted by Crippen LogP contribution is -2.21. The molecule has 4 rings (SSSR count). The molecule has 0 aliphatic heterocycles. The van der Waals surface area contributed by atoms with Gasteiger partial charge in [0.1, 0.15) is 0 Å². The van der Waals surface area contributed by atoms with Gasteiger partial charge in [0.15, 0.2) is 0 Å². The summed E-state index contributed by atoms with van der Waals surface area (Å²) < 4.78 is 66.4. The van der Waals surface area contributed by atoms with E-state index in [2.05, 4.69) is 10.2 Å². The van der Waals surface area contributed by atoms with Gasteiger partial charge in [-0.25, -0.2) is 12.4 Å². The number of alkyl halides is 3. The Morgan fingerprint density at radius 1 is 0.912 bits per heavy atom. The summed E-state index contributed by atoms with van der Waals surface area (Å²) >= 11 is 0. The van der Waals surface area contributed by atoms with Crippen molar-refractivity contribution in [2.45, 2.75) is 11.1 Å². The first-order valence-electron chi connectivity index (χ1n) is 9.83. The molecule has 1 heterocycles. The molecule has 0 aliphatic rings. The van der Waals surface area contributed by atoms with Crippen LogP contribution in [0.2, 0.25) is 0 Å². The van der Waals surface area contributed by atoms with Gasteiger partial charge in [-0.15, -0.1) is 5.10 Å². The number of fused-ring (bicyclic) bond motifs is 1. The van der Waals surface area contributed by atoms with Crippen LogP contribution in [0.5, 0.6) is 0 Å². The van der Waals surface area contributed by atoms with E-state index in [-0.39, 0.29) is 10.9 Å². The van der Waals surface area contributed by atoms with Gasteiger partial charge in [-0.05, 0) is 47.5 Å². The molecule has 1 aromatic heterocycles. The average Bonchev–Trinajstić information content (AvgIpc) is 3.18. The zero-order chi connectivity index (χ0) is 24.5. The third kappa shape index (κ3) is 4.50. The first kappa shape index (κ1) is 23.1. The Labute approximate surface area is 192 Å². The molecular weight excluding hydrogens is 467 g/mol. The summed E-state index contributed by atoms with van der Waals surface area (Å²) in [6.45, 7) is 0. The summed E-state index contributed by atoms with van der Waals surface area (Å²) in [4.78, 5) is 0.0893. The van der Waals surface area contributed by atoms with Crippen molar-refractivity contribution in [3.8, 4) is 11.1 Å². The predicted molar refractivity (Wildman–Crippen MR) is 125 cm³/mol. The lowest BCUT2D eigenvalue weighted by atomic mass is 10.0. The SMILES string of the molecule is NC(N)=N/N=C/c1cn(S(=O)(=O)c2ccccc2)c2ccc(-c3ccc(C(F)(F)F)cc3)cc12. The molecule has 34 heavy (non-hydrogen) atoms. The van der Waals surface area contributed by atoms with E-state index in [0.717, 1.165) is 16.1 Å². The van der Waals surface area contributed by atoms with E-state index < -0.39 is 21.8 Å². The van der Waals surface area contributed by atoms with Gasteiger partial charge < -0.3 is 11.5 Å². The van der Waals surface area contributed by atoms with Gasteiger partial charge >= 0.3 is 6.18 Å². The number of nitrogens with two attached hydrogens (primary N) is 2. The summed E-state index contributed by atoms with van der Waals surface area (Å²) in [6, 6.07) is 17.5. The van der Waals surface area contributed by atoms with E-state index in [1.54, 1.807) is 36.4 Å². The Hall–Kier alpha value is -4.12. The number of hydrogen-bond donors (Lipinski definition) is 2. The topological polar surface area (TPSA) is 116 Å². The van der Waals surface area contributed by atoms with Crippen LogP contribution >= 0.6 is 0 Å². The summed E-state index contributed by atoms with van der Waals surface area (Å²) in [5.41, 5.74) is 11.7. The molecule has 0 bridgehead atoms. The van der Waals surface area contributed by atoms with Gasteiger partial charge in [-0.3, -0.25) is 0 Å². The first-order valence-corrected chi connectivity index (χ1v) is 11.3. The maximum absolute atomic E-state index is 13.3. The predicted octanol–water partition coefficient (Wildman–Crippen LogP) is 4.17. The van der Waals surface area contributed by atoms with E-state index in [9.17, 15) is 21.6 Å². The van der Waals surface area contributed by atoms with E-state index in [1.165, 1.54) is 36.7 Å². The summed E-state index contributed by atoms with van der Waals surface area (Å²) in [7, 11) is -3.94. The van der Waals surface area contributed by atoms with Crippen LogP contribution in [0.1, 0.15) is 11.1 Å². The number of rotatable bonds is 5. The zero-order valence-electron chi connectivity index (χ0n) is 17.4. The lowest BCUT2D eigenvalue weighted by Gasteiger charge is -2.09. The monoisotopic (exact) mass is 485 g/mol. The molecule has 0 saturated carbocycles. The molecule has 11 heteroatoms. The minimum atomic E-state index is -4.44. The number of nitrogens with zero attached hydrogens (tertiary/aromatic N) is 3. The van der Waals surface area contributed by atoms with Gasteiger partial charge in [0.2, 0.25) is 5.96 Å². The maximum atomic E-state index is 13.3. The Bertz CT molecular complexity index is 1500. The van der Waals surface area contributed by atoms with E-state index in [0.29, 0.717) is 27.6 Å². The summed E-state index contributed by atoms with van der Waals surface area (Å²) in [6.07, 6.45) is -1.76. The van der Waals surface area contributed by atoms with Crippen molar-refractivity contribution in [3.63, 3.8) is 0 Å². The molecule has 4 N–H and O–H groups in total. The zero-order valence-corrected chi connectivity index (χ0v) is 18.3. The maximum Gasteiger partial charge on any atom is 0.416 e. The van der Waals surface area contributed by atoms with E-state index in [4.69, 9.17) is 11.5 Å². The van der Waals surface area contributed by atoms with Crippen LogP contribution in [-0.2, 0) is 16.2 Å². The quantitative estimate of drug-likeness (QED) is 0.251. The van der Waals surface area contributed by atoms with Crippen LogP contribution in [-0.4, -0.2) is 24.6 Å². The van der Waals surface area contributed by atoms with Crippen molar-refractivity contribution in [1.82, 2.24) is 3.97 Å². The van der Waals surface area contributed by atoms with Crippen LogP contribution in [0, 0.1) is 0 Å². The number of benzene rings is 3. The van der Waals surface area contributed by atoms with Crippen LogP contribution in [0.3, 0.4) is 0 Å². The molecule has 0 radical (unpaired) electrons. The normalized spacial score (nSPS) is 12.3. The molecule has 0 unspecified atom stereocenters. The molecular formula is C23H18F3N5O2S. The molecule has 3 aromatic carbocycles. The second-order valence-corrected chi connectivity index (χ2v) is 9.09. The fraction of sp³-hybridized carbons (Fsp3) is 0.0435. The third-order valence-corrected chi connectivity index (χ3v) is 6.70. The minimum Gasteiger partial charge on any atom is -0.369 e. The number of hydrogen-bond acceptors (Lipinski definition) is 4. The number of guanidine groups is 1. The Morgan fingerprint density at radius 2 is 1.56 bits per heavy atom. The number of halogens is 3. The Kier molecular flexibility index (Phi) is 5.88. The van der Waals surface area contributed by atoms with Crippen LogP contribution in [0.4, 0.5) is 13.2 Å². The van der Waals surface area contributed by atoms with Crippen LogP contribution in [0.25, 0.3) is 22.0 Å². The van der Waals surface area contributed by atoms with Gasteiger partial charge in [0.25, 0.3) is 10.0 Å². The highest BCUT2D eigenvalue weighted by Gasteiger charge is 2.30. The summed E-state index contributed by atoms with van der Waals surface area (Å²) in [5.74, 6) is -0.276. The third-order valence-electron chi connectivity index (χ3n) is 5.02. The second kappa shape index (κ2) is 8.67. The van der Waals surface area contributed by atoms with Crippen LogP contribution in [0.15, 0.2) is 94.1 Å². The molecule has 0 atom stereocenters. The molecule has 174 valence electrons.